The van der Waals surface area contributed by atoms with E-state index in [4.69, 9.17) is 4.98 Å². The highest BCUT2D eigenvalue weighted by Gasteiger charge is 2.43. The average molecular weight is 396 g/mol. The van der Waals surface area contributed by atoms with Crippen LogP contribution in [0.4, 0.5) is 0 Å². The quantitative estimate of drug-likeness (QED) is 0.688. The summed E-state index contributed by atoms with van der Waals surface area (Å²) >= 11 is 1.53. The molecule has 1 atom stereocenters. The summed E-state index contributed by atoms with van der Waals surface area (Å²) in [4.78, 5) is 29.7. The van der Waals surface area contributed by atoms with Gasteiger partial charge in [-0.15, -0.1) is 0 Å². The molecule has 0 radical (unpaired) electrons. The Balaban J connectivity index is 1.82. The number of pyridine rings is 1. The second-order valence-corrected chi connectivity index (χ2v) is 7.87. The van der Waals surface area contributed by atoms with Crippen molar-refractivity contribution in [2.75, 3.05) is 11.5 Å². The van der Waals surface area contributed by atoms with E-state index in [1.165, 1.54) is 11.8 Å². The van der Waals surface area contributed by atoms with Gasteiger partial charge in [0.05, 0.1) is 22.8 Å². The van der Waals surface area contributed by atoms with Crippen molar-refractivity contribution in [3.63, 3.8) is 0 Å². The molecule has 1 aromatic carbocycles. The van der Waals surface area contributed by atoms with Crippen LogP contribution >= 0.6 is 11.8 Å². The molecule has 3 aromatic rings. The maximum absolute atomic E-state index is 13.2. The van der Waals surface area contributed by atoms with E-state index in [0.29, 0.717) is 46.8 Å². The predicted octanol–water partition coefficient (Wildman–Crippen LogP) is 2.81. The second-order valence-electron chi connectivity index (χ2n) is 6.76. The number of benzene rings is 1. The molecule has 0 spiro atoms. The molecule has 2 N–H and O–H groups in total. The molecule has 1 unspecified atom stereocenters. The van der Waals surface area contributed by atoms with Crippen molar-refractivity contribution in [1.82, 2.24) is 20.1 Å². The van der Waals surface area contributed by atoms with E-state index in [1.807, 2.05) is 37.3 Å². The summed E-state index contributed by atoms with van der Waals surface area (Å²) < 4.78 is 1.73. The monoisotopic (exact) mass is 396 g/mol. The Labute approximate surface area is 166 Å². The molecule has 28 heavy (non-hydrogen) atoms. The van der Waals surface area contributed by atoms with Crippen LogP contribution in [0, 0.1) is 0 Å². The Morgan fingerprint density at radius 2 is 2.11 bits per heavy atom. The molecule has 7 nitrogen and oxygen atoms in total. The molecule has 1 aliphatic rings. The van der Waals surface area contributed by atoms with E-state index in [1.54, 1.807) is 16.9 Å². The van der Waals surface area contributed by atoms with Gasteiger partial charge in [-0.25, -0.2) is 14.5 Å². The lowest BCUT2D eigenvalue weighted by Gasteiger charge is -2.24. The van der Waals surface area contributed by atoms with E-state index < -0.39 is 17.4 Å². The van der Waals surface area contributed by atoms with E-state index in [9.17, 15) is 14.7 Å². The first-order valence-electron chi connectivity index (χ1n) is 9.10. The molecule has 1 saturated heterocycles. The Hall–Kier alpha value is -2.87. The maximum Gasteiger partial charge on any atom is 0.330 e. The second kappa shape index (κ2) is 7.27. The Kier molecular flexibility index (Phi) is 4.80. The van der Waals surface area contributed by atoms with Crippen LogP contribution < -0.4 is 5.32 Å². The van der Waals surface area contributed by atoms with Crippen LogP contribution in [0.5, 0.6) is 0 Å². The standard InChI is InChI=1S/C20H20N4O3S/c1-2-24-17-15(11-21-24)14(10-16(22-17)13-6-4-3-5-7-13)18(25)23-20(19(26)27)8-9-28-12-20/h3-7,10-11H,2,8-9,12H2,1H3,(H,23,25)(H,26,27). The molecule has 1 aliphatic heterocycles. The van der Waals surface area contributed by atoms with Crippen LogP contribution in [0.15, 0.2) is 42.6 Å². The van der Waals surface area contributed by atoms with Gasteiger partial charge in [0.15, 0.2) is 5.65 Å². The van der Waals surface area contributed by atoms with Gasteiger partial charge in [0.2, 0.25) is 0 Å². The van der Waals surface area contributed by atoms with Gasteiger partial charge in [-0.2, -0.15) is 16.9 Å². The fourth-order valence-electron chi connectivity index (χ4n) is 3.39. The van der Waals surface area contributed by atoms with Gasteiger partial charge < -0.3 is 10.4 Å². The highest BCUT2D eigenvalue weighted by molar-refractivity contribution is 7.99. The largest absolute Gasteiger partial charge is 0.479 e. The summed E-state index contributed by atoms with van der Waals surface area (Å²) in [5, 5.41) is 17.4. The van der Waals surface area contributed by atoms with E-state index >= 15 is 0 Å². The molecule has 8 heteroatoms. The number of carbonyl (C=O) groups is 2. The number of hydrogen-bond acceptors (Lipinski definition) is 5. The molecule has 2 aromatic heterocycles. The Morgan fingerprint density at radius 3 is 2.75 bits per heavy atom. The van der Waals surface area contributed by atoms with Crippen molar-refractivity contribution in [1.29, 1.82) is 0 Å². The van der Waals surface area contributed by atoms with Crippen LogP contribution in [0.25, 0.3) is 22.3 Å². The molecule has 4 rings (SSSR count). The summed E-state index contributed by atoms with van der Waals surface area (Å²) in [6, 6.07) is 11.3. The number of aromatic nitrogens is 3. The number of hydrogen-bond donors (Lipinski definition) is 2. The molecule has 144 valence electrons. The molecule has 0 saturated carbocycles. The third kappa shape index (κ3) is 3.13. The van der Waals surface area contributed by atoms with Gasteiger partial charge in [0.1, 0.15) is 5.54 Å². The van der Waals surface area contributed by atoms with Gasteiger partial charge in [0, 0.05) is 17.9 Å². The number of fused-ring (bicyclic) bond motifs is 1. The highest BCUT2D eigenvalue weighted by Crippen LogP contribution is 2.30. The van der Waals surface area contributed by atoms with Crippen LogP contribution in [-0.2, 0) is 11.3 Å². The average Bonchev–Trinajstić information content (AvgIpc) is 3.35. The number of nitrogens with one attached hydrogen (secondary N) is 1. The summed E-state index contributed by atoms with van der Waals surface area (Å²) in [5.74, 6) is -0.336. The first-order valence-corrected chi connectivity index (χ1v) is 10.3. The third-order valence-electron chi connectivity index (χ3n) is 5.01. The van der Waals surface area contributed by atoms with Crippen molar-refractivity contribution in [2.45, 2.75) is 25.4 Å². The fourth-order valence-corrected chi connectivity index (χ4v) is 4.72. The first kappa shape index (κ1) is 18.5. The van der Waals surface area contributed by atoms with Crippen LogP contribution in [0.1, 0.15) is 23.7 Å². The minimum Gasteiger partial charge on any atom is -0.479 e. The summed E-state index contributed by atoms with van der Waals surface area (Å²) in [6.07, 6.45) is 2.03. The van der Waals surface area contributed by atoms with Gasteiger partial charge in [-0.1, -0.05) is 30.3 Å². The van der Waals surface area contributed by atoms with E-state index in [0.717, 1.165) is 5.56 Å². The number of thioether (sulfide) groups is 1. The van der Waals surface area contributed by atoms with E-state index in [2.05, 4.69) is 10.4 Å². The number of carboxylic acids is 1. The van der Waals surface area contributed by atoms with Crippen molar-refractivity contribution in [3.8, 4) is 11.3 Å². The Morgan fingerprint density at radius 1 is 1.32 bits per heavy atom. The summed E-state index contributed by atoms with van der Waals surface area (Å²) in [5.41, 5.74) is 1.30. The van der Waals surface area contributed by atoms with Gasteiger partial charge >= 0.3 is 5.97 Å². The van der Waals surface area contributed by atoms with Crippen LogP contribution in [-0.4, -0.2) is 48.8 Å². The summed E-state index contributed by atoms with van der Waals surface area (Å²) in [7, 11) is 0. The third-order valence-corrected chi connectivity index (χ3v) is 6.20. The normalized spacial score (nSPS) is 19.0. The summed E-state index contributed by atoms with van der Waals surface area (Å²) in [6.45, 7) is 2.57. The molecule has 1 amide bonds. The molecule has 0 bridgehead atoms. The highest BCUT2D eigenvalue weighted by atomic mass is 32.2. The Bertz CT molecular complexity index is 1040. The minimum atomic E-state index is -1.23. The van der Waals surface area contributed by atoms with Crippen LogP contribution in [0.2, 0.25) is 0 Å². The zero-order valence-corrected chi connectivity index (χ0v) is 16.2. The molecule has 0 aliphatic carbocycles. The van der Waals surface area contributed by atoms with Crippen molar-refractivity contribution in [3.05, 3.63) is 48.2 Å². The number of carbonyl (C=O) groups excluding carboxylic acids is 1. The first-order chi connectivity index (χ1) is 13.5. The smallest absolute Gasteiger partial charge is 0.330 e. The lowest BCUT2D eigenvalue weighted by Crippen LogP contribution is -2.54. The minimum absolute atomic E-state index is 0.363. The molecular formula is C20H20N4O3S. The predicted molar refractivity (Wildman–Crippen MR) is 108 cm³/mol. The number of aliphatic carboxylic acids is 1. The lowest BCUT2D eigenvalue weighted by atomic mass is 9.98. The number of rotatable bonds is 5. The van der Waals surface area contributed by atoms with Crippen molar-refractivity contribution < 1.29 is 14.7 Å². The van der Waals surface area contributed by atoms with Crippen molar-refractivity contribution in [2.24, 2.45) is 0 Å². The number of nitrogens with zero attached hydrogens (tertiary/aromatic N) is 3. The molecule has 3 heterocycles. The number of carboxylic acid groups (broad SMARTS) is 1. The van der Waals surface area contributed by atoms with Gasteiger partial charge in [-0.3, -0.25) is 4.79 Å². The topological polar surface area (TPSA) is 97.1 Å². The zero-order chi connectivity index (χ0) is 19.7. The molecule has 1 fully saturated rings. The maximum atomic E-state index is 13.2. The van der Waals surface area contributed by atoms with Crippen molar-refractivity contribution >= 4 is 34.7 Å². The molecular weight excluding hydrogens is 376 g/mol. The fraction of sp³-hybridized carbons (Fsp3) is 0.300. The SMILES string of the molecule is CCn1ncc2c(C(=O)NC3(C(=O)O)CCSC3)cc(-c3ccccc3)nc21. The van der Waals surface area contributed by atoms with E-state index in [-0.39, 0.29) is 0 Å². The number of amides is 1. The lowest BCUT2D eigenvalue weighted by molar-refractivity contribution is -0.143. The zero-order valence-electron chi connectivity index (χ0n) is 15.4. The number of aryl methyl sites for hydroxylation is 1. The van der Waals surface area contributed by atoms with Gasteiger partial charge in [0.25, 0.3) is 5.91 Å². The van der Waals surface area contributed by atoms with Crippen LogP contribution in [0.3, 0.4) is 0 Å². The van der Waals surface area contributed by atoms with Gasteiger partial charge in [-0.05, 0) is 25.2 Å².